The molecule has 9 heteroatoms. The number of guanidine groups is 1. The first-order valence-electron chi connectivity index (χ1n) is 10.5. The molecular formula is C21H33F2IN4OS. The van der Waals surface area contributed by atoms with Gasteiger partial charge < -0.3 is 20.3 Å². The van der Waals surface area contributed by atoms with Crippen molar-refractivity contribution >= 4 is 47.4 Å². The Morgan fingerprint density at radius 2 is 2.07 bits per heavy atom. The average Bonchev–Trinajstić information content (AvgIpc) is 3.15. The Labute approximate surface area is 199 Å². The van der Waals surface area contributed by atoms with E-state index in [0.717, 1.165) is 69.9 Å². The topological polar surface area (TPSA) is 48.9 Å². The number of thioether (sulfide) groups is 1. The summed E-state index contributed by atoms with van der Waals surface area (Å²) < 4.78 is 33.0. The molecule has 3 rings (SSSR count). The summed E-state index contributed by atoms with van der Waals surface area (Å²) in [5.41, 5.74) is 0.457. The highest BCUT2D eigenvalue weighted by atomic mass is 127. The van der Waals surface area contributed by atoms with Gasteiger partial charge in [-0.2, -0.15) is 11.8 Å². The minimum Gasteiger partial charge on any atom is -0.381 e. The molecule has 2 saturated heterocycles. The van der Waals surface area contributed by atoms with Crippen molar-refractivity contribution in [3.8, 4) is 0 Å². The van der Waals surface area contributed by atoms with Crippen molar-refractivity contribution in [3.63, 3.8) is 0 Å². The van der Waals surface area contributed by atoms with E-state index in [1.165, 1.54) is 12.1 Å². The van der Waals surface area contributed by atoms with Crippen LogP contribution in [0.5, 0.6) is 0 Å². The molecule has 1 atom stereocenters. The predicted octanol–water partition coefficient (Wildman–Crippen LogP) is 4.02. The Morgan fingerprint density at radius 3 is 2.73 bits per heavy atom. The van der Waals surface area contributed by atoms with Crippen molar-refractivity contribution in [1.29, 1.82) is 0 Å². The summed E-state index contributed by atoms with van der Waals surface area (Å²) in [6.45, 7) is 8.77. The number of halogens is 3. The van der Waals surface area contributed by atoms with E-state index in [0.29, 0.717) is 12.2 Å². The van der Waals surface area contributed by atoms with Gasteiger partial charge in [0.25, 0.3) is 0 Å². The van der Waals surface area contributed by atoms with E-state index in [1.807, 2.05) is 16.7 Å². The van der Waals surface area contributed by atoms with Crippen molar-refractivity contribution in [2.45, 2.75) is 43.9 Å². The van der Waals surface area contributed by atoms with E-state index in [9.17, 15) is 8.78 Å². The third kappa shape index (κ3) is 6.85. The van der Waals surface area contributed by atoms with Crippen LogP contribution in [-0.4, -0.2) is 61.9 Å². The lowest BCUT2D eigenvalue weighted by Crippen LogP contribution is -2.46. The maximum atomic E-state index is 14.1. The minimum atomic E-state index is -0.548. The van der Waals surface area contributed by atoms with Gasteiger partial charge in [-0.15, -0.1) is 24.0 Å². The van der Waals surface area contributed by atoms with Crippen LogP contribution >= 0.6 is 35.7 Å². The van der Waals surface area contributed by atoms with Gasteiger partial charge in [-0.1, -0.05) is 6.92 Å². The van der Waals surface area contributed by atoms with Gasteiger partial charge in [0.05, 0.1) is 12.2 Å². The lowest BCUT2D eigenvalue weighted by Gasteiger charge is -2.35. The van der Waals surface area contributed by atoms with Crippen LogP contribution in [0, 0.1) is 11.6 Å². The molecular weight excluding hydrogens is 521 g/mol. The molecule has 0 amide bonds. The first kappa shape index (κ1) is 25.5. The van der Waals surface area contributed by atoms with E-state index in [1.54, 1.807) is 0 Å². The third-order valence-electron chi connectivity index (χ3n) is 5.50. The van der Waals surface area contributed by atoms with Gasteiger partial charge in [0.1, 0.15) is 11.6 Å². The lowest BCUT2D eigenvalue weighted by molar-refractivity contribution is 0.0793. The zero-order chi connectivity index (χ0) is 20.7. The molecule has 1 aromatic carbocycles. The molecule has 0 aliphatic carbocycles. The first-order valence-corrected chi connectivity index (χ1v) is 11.5. The van der Waals surface area contributed by atoms with Crippen molar-refractivity contribution < 1.29 is 13.5 Å². The normalized spacial score (nSPS) is 21.3. The maximum absolute atomic E-state index is 14.1. The fourth-order valence-corrected chi connectivity index (χ4v) is 5.19. The molecule has 0 radical (unpaired) electrons. The lowest BCUT2D eigenvalue weighted by atomic mass is 9.99. The molecule has 0 spiro atoms. The molecule has 0 aromatic heterocycles. The number of hydrogen-bond acceptors (Lipinski definition) is 4. The summed E-state index contributed by atoms with van der Waals surface area (Å²) in [6.07, 6.45) is 2.93. The van der Waals surface area contributed by atoms with Crippen molar-refractivity contribution in [2.24, 2.45) is 4.99 Å². The number of rotatable bonds is 7. The van der Waals surface area contributed by atoms with E-state index in [4.69, 9.17) is 9.73 Å². The molecule has 170 valence electrons. The van der Waals surface area contributed by atoms with E-state index < -0.39 is 11.6 Å². The van der Waals surface area contributed by atoms with Crippen LogP contribution in [0.25, 0.3) is 0 Å². The first-order chi connectivity index (χ1) is 14.0. The second kappa shape index (κ2) is 12.3. The summed E-state index contributed by atoms with van der Waals surface area (Å²) >= 11 is 1.98. The highest BCUT2D eigenvalue weighted by Gasteiger charge is 2.33. The molecule has 2 aliphatic rings. The third-order valence-corrected chi connectivity index (χ3v) is 6.94. The molecule has 2 aliphatic heterocycles. The second-order valence-corrected chi connectivity index (χ2v) is 9.33. The zero-order valence-corrected chi connectivity index (χ0v) is 20.9. The fraction of sp³-hybridized carbons (Fsp3) is 0.667. The molecule has 5 nitrogen and oxygen atoms in total. The van der Waals surface area contributed by atoms with Crippen molar-refractivity contribution in [1.82, 2.24) is 10.6 Å². The average molecular weight is 554 g/mol. The minimum absolute atomic E-state index is 0. The summed E-state index contributed by atoms with van der Waals surface area (Å²) in [4.78, 5) is 6.86. The van der Waals surface area contributed by atoms with E-state index in [-0.39, 0.29) is 34.8 Å². The van der Waals surface area contributed by atoms with Gasteiger partial charge in [-0.3, -0.25) is 4.99 Å². The van der Waals surface area contributed by atoms with Crippen LogP contribution in [0.15, 0.2) is 23.2 Å². The number of anilines is 1. The number of nitrogens with one attached hydrogen (secondary N) is 2. The predicted molar refractivity (Wildman–Crippen MR) is 132 cm³/mol. The highest BCUT2D eigenvalue weighted by molar-refractivity contribution is 14.0. The smallest absolute Gasteiger partial charge is 0.191 e. The van der Waals surface area contributed by atoms with Crippen molar-refractivity contribution in [3.05, 3.63) is 29.8 Å². The van der Waals surface area contributed by atoms with E-state index in [2.05, 4.69) is 24.5 Å². The Morgan fingerprint density at radius 1 is 1.30 bits per heavy atom. The van der Waals surface area contributed by atoms with Crippen LogP contribution in [0.4, 0.5) is 14.5 Å². The molecule has 1 unspecified atom stereocenters. The quantitative estimate of drug-likeness (QED) is 0.303. The van der Waals surface area contributed by atoms with Gasteiger partial charge in [-0.25, -0.2) is 8.78 Å². The largest absolute Gasteiger partial charge is 0.381 e. The summed E-state index contributed by atoms with van der Waals surface area (Å²) in [6, 6.07) is 3.94. The van der Waals surface area contributed by atoms with Crippen LogP contribution in [0.2, 0.25) is 0 Å². The number of hydrogen-bond donors (Lipinski definition) is 2. The molecule has 1 aromatic rings. The van der Waals surface area contributed by atoms with Gasteiger partial charge in [-0.05, 0) is 44.1 Å². The van der Waals surface area contributed by atoms with Crippen LogP contribution in [0.3, 0.4) is 0 Å². The monoisotopic (exact) mass is 554 g/mol. The van der Waals surface area contributed by atoms with Gasteiger partial charge in [0.15, 0.2) is 5.96 Å². The summed E-state index contributed by atoms with van der Waals surface area (Å²) in [7, 11) is 0. The Bertz CT molecular complexity index is 698. The van der Waals surface area contributed by atoms with Gasteiger partial charge in [0, 0.05) is 49.7 Å². The van der Waals surface area contributed by atoms with E-state index >= 15 is 0 Å². The number of aliphatic imine (C=N–C) groups is 1. The Balaban J connectivity index is 0.00000320. The summed E-state index contributed by atoms with van der Waals surface area (Å²) in [5.74, 6) is 0.819. The van der Waals surface area contributed by atoms with Crippen LogP contribution < -0.4 is 15.5 Å². The maximum Gasteiger partial charge on any atom is 0.191 e. The number of nitrogens with zero attached hydrogens (tertiary/aromatic N) is 2. The van der Waals surface area contributed by atoms with Crippen LogP contribution in [-0.2, 0) is 4.74 Å². The second-order valence-electron chi connectivity index (χ2n) is 7.60. The SMILES string of the molecule is CCNC(=NCC1(SCC)CCOCC1)NC1CCN(c2ccc(F)cc2F)C1.I. The van der Waals surface area contributed by atoms with Gasteiger partial charge in [0.2, 0.25) is 0 Å². The van der Waals surface area contributed by atoms with Crippen LogP contribution in [0.1, 0.15) is 33.1 Å². The Kier molecular flexibility index (Phi) is 10.4. The fourth-order valence-electron chi connectivity index (χ4n) is 3.97. The molecule has 0 bridgehead atoms. The molecule has 2 N–H and O–H groups in total. The van der Waals surface area contributed by atoms with Gasteiger partial charge >= 0.3 is 0 Å². The highest BCUT2D eigenvalue weighted by Crippen LogP contribution is 2.35. The molecule has 30 heavy (non-hydrogen) atoms. The van der Waals surface area contributed by atoms with Crippen molar-refractivity contribution in [2.75, 3.05) is 50.0 Å². The number of ether oxygens (including phenoxy) is 1. The Hall–Kier alpha value is -0.810. The molecule has 2 fully saturated rings. The standard InChI is InChI=1S/C21H32F2N4OS.HI/c1-3-24-20(25-15-21(29-4-2)8-11-28-12-9-21)26-17-7-10-27(14-17)19-6-5-16(22)13-18(19)23;/h5-6,13,17H,3-4,7-12,14-15H2,1-2H3,(H2,24,25,26);1H. The number of benzene rings is 1. The summed E-state index contributed by atoms with van der Waals surface area (Å²) in [5, 5.41) is 6.84. The molecule has 0 saturated carbocycles. The molecule has 2 heterocycles. The zero-order valence-electron chi connectivity index (χ0n) is 17.8.